The number of quaternary nitrogens is 1. The second-order valence-corrected chi connectivity index (χ2v) is 8.12. The first-order valence-corrected chi connectivity index (χ1v) is 9.52. The molecule has 5 nitrogen and oxygen atoms in total. The summed E-state index contributed by atoms with van der Waals surface area (Å²) in [5, 5.41) is 3.07. The number of hydrogen-bond donors (Lipinski definition) is 2. The van der Waals surface area contributed by atoms with Gasteiger partial charge in [-0.1, -0.05) is 32.9 Å². The lowest BCUT2D eigenvalue weighted by atomic mass is 9.95. The number of para-hydroxylation sites is 1. The first-order valence-electron chi connectivity index (χ1n) is 9.52. The molecule has 1 saturated heterocycles. The first-order chi connectivity index (χ1) is 12.9. The van der Waals surface area contributed by atoms with E-state index in [9.17, 15) is 9.18 Å². The topological polar surface area (TPSA) is 49.9 Å². The number of benzene rings is 1. The molecule has 1 aliphatic rings. The van der Waals surface area contributed by atoms with Crippen LogP contribution in [0.4, 0.5) is 10.1 Å². The van der Waals surface area contributed by atoms with Gasteiger partial charge in [0.05, 0.1) is 44.7 Å². The molecule has 1 fully saturated rings. The van der Waals surface area contributed by atoms with E-state index in [2.05, 4.69) is 10.2 Å². The van der Waals surface area contributed by atoms with Crippen LogP contribution in [0.3, 0.4) is 0 Å². The highest BCUT2D eigenvalue weighted by Crippen LogP contribution is 2.19. The van der Waals surface area contributed by atoms with Crippen molar-refractivity contribution < 1.29 is 18.5 Å². The van der Waals surface area contributed by atoms with Crippen LogP contribution in [0, 0.1) is 11.2 Å². The Morgan fingerprint density at radius 2 is 1.93 bits per heavy atom. The predicted molar refractivity (Wildman–Crippen MR) is 103 cm³/mol. The van der Waals surface area contributed by atoms with Crippen molar-refractivity contribution in [3.05, 3.63) is 54.2 Å². The van der Waals surface area contributed by atoms with Gasteiger partial charge < -0.3 is 19.5 Å². The van der Waals surface area contributed by atoms with Gasteiger partial charge in [0.15, 0.2) is 11.8 Å². The summed E-state index contributed by atoms with van der Waals surface area (Å²) in [6, 6.07) is 10.8. The van der Waals surface area contributed by atoms with Crippen molar-refractivity contribution in [1.29, 1.82) is 0 Å². The average Bonchev–Trinajstić information content (AvgIpc) is 3.16. The van der Waals surface area contributed by atoms with E-state index in [4.69, 9.17) is 4.42 Å². The van der Waals surface area contributed by atoms with Gasteiger partial charge in [0.1, 0.15) is 5.82 Å². The number of furan rings is 1. The molecular formula is C21H29FN3O2+. The second kappa shape index (κ2) is 8.13. The van der Waals surface area contributed by atoms with Crippen molar-refractivity contribution in [3.63, 3.8) is 0 Å². The van der Waals surface area contributed by atoms with Crippen LogP contribution in [-0.2, 0) is 4.79 Å². The third-order valence-electron chi connectivity index (χ3n) is 5.13. The van der Waals surface area contributed by atoms with Crippen LogP contribution in [-0.4, -0.2) is 38.6 Å². The van der Waals surface area contributed by atoms with Gasteiger partial charge in [-0.05, 0) is 24.3 Å². The average molecular weight is 374 g/mol. The number of carbonyl (C=O) groups excluding carboxylic acids is 1. The van der Waals surface area contributed by atoms with E-state index >= 15 is 0 Å². The van der Waals surface area contributed by atoms with E-state index in [1.807, 2.05) is 45.0 Å². The molecule has 0 unspecified atom stereocenters. The Balaban J connectivity index is 1.66. The van der Waals surface area contributed by atoms with E-state index in [1.54, 1.807) is 12.3 Å². The summed E-state index contributed by atoms with van der Waals surface area (Å²) in [6.07, 6.45) is 1.67. The minimum absolute atomic E-state index is 0.0310. The molecule has 6 heteroatoms. The van der Waals surface area contributed by atoms with Crippen LogP contribution in [0.5, 0.6) is 0 Å². The van der Waals surface area contributed by atoms with E-state index < -0.39 is 5.41 Å². The van der Waals surface area contributed by atoms with Crippen molar-refractivity contribution in [2.75, 3.05) is 37.6 Å². The molecule has 2 aromatic rings. The molecule has 3 rings (SSSR count). The summed E-state index contributed by atoms with van der Waals surface area (Å²) < 4.78 is 19.7. The predicted octanol–water partition coefficient (Wildman–Crippen LogP) is 2.03. The molecule has 1 amide bonds. The molecule has 146 valence electrons. The number of carbonyl (C=O) groups is 1. The fourth-order valence-electron chi connectivity index (χ4n) is 3.49. The molecule has 1 aromatic carbocycles. The molecule has 0 aliphatic carbocycles. The summed E-state index contributed by atoms with van der Waals surface area (Å²) in [5.74, 6) is 0.725. The highest BCUT2D eigenvalue weighted by molar-refractivity contribution is 5.81. The molecule has 0 spiro atoms. The Hall–Kier alpha value is -2.34. The molecule has 0 radical (unpaired) electrons. The van der Waals surface area contributed by atoms with Crippen LogP contribution < -0.4 is 15.1 Å². The second-order valence-electron chi connectivity index (χ2n) is 8.12. The SMILES string of the molecule is CC(C)(C)C(=O)NC[C@H](c1ccco1)[NH+]1CCN(c2ccccc2F)CC1. The van der Waals surface area contributed by atoms with Crippen molar-refractivity contribution >= 4 is 11.6 Å². The quantitative estimate of drug-likeness (QED) is 0.842. The Bertz CT molecular complexity index is 747. The molecular weight excluding hydrogens is 345 g/mol. The van der Waals surface area contributed by atoms with Crippen LogP contribution in [0.25, 0.3) is 0 Å². The minimum Gasteiger partial charge on any atom is -0.463 e. The summed E-state index contributed by atoms with van der Waals surface area (Å²) in [4.78, 5) is 15.7. The minimum atomic E-state index is -0.424. The van der Waals surface area contributed by atoms with E-state index in [0.29, 0.717) is 12.2 Å². The van der Waals surface area contributed by atoms with E-state index in [0.717, 1.165) is 31.9 Å². The van der Waals surface area contributed by atoms with E-state index in [1.165, 1.54) is 11.0 Å². The molecule has 1 aliphatic heterocycles. The zero-order valence-electron chi connectivity index (χ0n) is 16.3. The third kappa shape index (κ3) is 4.69. The molecule has 1 atom stereocenters. The van der Waals surface area contributed by atoms with Crippen LogP contribution in [0.1, 0.15) is 32.6 Å². The summed E-state index contributed by atoms with van der Waals surface area (Å²) in [6.45, 7) is 9.48. The van der Waals surface area contributed by atoms with E-state index in [-0.39, 0.29) is 17.8 Å². The van der Waals surface area contributed by atoms with Gasteiger partial charge in [-0.25, -0.2) is 4.39 Å². The summed E-state index contributed by atoms with van der Waals surface area (Å²) in [7, 11) is 0. The molecule has 0 saturated carbocycles. The maximum Gasteiger partial charge on any atom is 0.225 e. The van der Waals surface area contributed by atoms with Crippen molar-refractivity contribution in [3.8, 4) is 0 Å². The van der Waals surface area contributed by atoms with Gasteiger partial charge in [0.25, 0.3) is 0 Å². The van der Waals surface area contributed by atoms with Gasteiger partial charge >= 0.3 is 0 Å². The third-order valence-corrected chi connectivity index (χ3v) is 5.13. The van der Waals surface area contributed by atoms with Gasteiger partial charge in [-0.2, -0.15) is 0 Å². The normalized spacial score (nSPS) is 17.0. The van der Waals surface area contributed by atoms with Gasteiger partial charge in [-0.3, -0.25) is 4.79 Å². The Labute approximate surface area is 160 Å². The molecule has 2 heterocycles. The van der Waals surface area contributed by atoms with Crippen LogP contribution in [0.15, 0.2) is 47.1 Å². The Kier molecular flexibility index (Phi) is 5.85. The number of piperazine rings is 1. The molecule has 1 aromatic heterocycles. The zero-order chi connectivity index (χ0) is 19.4. The highest BCUT2D eigenvalue weighted by atomic mass is 19.1. The zero-order valence-corrected chi connectivity index (χ0v) is 16.3. The monoisotopic (exact) mass is 374 g/mol. The fraction of sp³-hybridized carbons (Fsp3) is 0.476. The number of halogens is 1. The molecule has 2 N–H and O–H groups in total. The number of anilines is 1. The first kappa shape index (κ1) is 19.4. The van der Waals surface area contributed by atoms with Crippen molar-refractivity contribution in [2.45, 2.75) is 26.8 Å². The lowest BCUT2D eigenvalue weighted by Gasteiger charge is -2.37. The standard InChI is InChI=1S/C21H28FN3O2/c1-21(2,3)20(26)23-15-18(19-9-6-14-27-19)25-12-10-24(11-13-25)17-8-5-4-7-16(17)22/h4-9,14,18H,10-13,15H2,1-3H3,(H,23,26)/p+1/t18-/m1/s1. The molecule has 0 bridgehead atoms. The Morgan fingerprint density at radius 3 is 2.52 bits per heavy atom. The highest BCUT2D eigenvalue weighted by Gasteiger charge is 2.32. The number of nitrogens with zero attached hydrogens (tertiary/aromatic N) is 1. The van der Waals surface area contributed by atoms with Gasteiger partial charge in [0.2, 0.25) is 5.91 Å². The largest absolute Gasteiger partial charge is 0.463 e. The number of hydrogen-bond acceptors (Lipinski definition) is 3. The van der Waals surface area contributed by atoms with Crippen molar-refractivity contribution in [1.82, 2.24) is 5.32 Å². The smallest absolute Gasteiger partial charge is 0.225 e. The van der Waals surface area contributed by atoms with Crippen LogP contribution in [0.2, 0.25) is 0 Å². The number of nitrogens with one attached hydrogen (secondary N) is 2. The maximum absolute atomic E-state index is 14.1. The summed E-state index contributed by atoms with van der Waals surface area (Å²) in [5.41, 5.74) is 0.235. The van der Waals surface area contributed by atoms with Gasteiger partial charge in [-0.15, -0.1) is 0 Å². The molecule has 27 heavy (non-hydrogen) atoms. The summed E-state index contributed by atoms with van der Waals surface area (Å²) >= 11 is 0. The van der Waals surface area contributed by atoms with Crippen molar-refractivity contribution in [2.24, 2.45) is 5.41 Å². The number of rotatable bonds is 5. The Morgan fingerprint density at radius 1 is 1.22 bits per heavy atom. The van der Waals surface area contributed by atoms with Gasteiger partial charge in [0, 0.05) is 5.41 Å². The van der Waals surface area contributed by atoms with Crippen LogP contribution >= 0.6 is 0 Å². The lowest BCUT2D eigenvalue weighted by molar-refractivity contribution is -0.932. The number of amides is 1. The lowest BCUT2D eigenvalue weighted by Crippen LogP contribution is -3.15. The maximum atomic E-state index is 14.1. The fourth-order valence-corrected chi connectivity index (χ4v) is 3.49.